The van der Waals surface area contributed by atoms with Gasteiger partial charge in [0.2, 0.25) is 15.9 Å². The third kappa shape index (κ3) is 4.38. The van der Waals surface area contributed by atoms with E-state index in [2.05, 4.69) is 37.2 Å². The number of benzene rings is 1. The van der Waals surface area contributed by atoms with Crippen LogP contribution in [0.1, 0.15) is 41.0 Å². The zero-order valence-corrected chi connectivity index (χ0v) is 18.5. The Kier molecular flexibility index (Phi) is 6.14. The number of carbonyl (C=O) groups is 1. The summed E-state index contributed by atoms with van der Waals surface area (Å²) >= 11 is 0. The normalized spacial score (nSPS) is 16.2. The molecule has 1 aromatic heterocycles. The second-order valence-electron chi connectivity index (χ2n) is 7.96. The van der Waals surface area contributed by atoms with E-state index in [0.29, 0.717) is 43.9 Å². The van der Waals surface area contributed by atoms with E-state index in [0.717, 1.165) is 5.56 Å². The van der Waals surface area contributed by atoms with Gasteiger partial charge in [0.1, 0.15) is 10.6 Å². The second kappa shape index (κ2) is 8.28. The summed E-state index contributed by atoms with van der Waals surface area (Å²) in [5.74, 6) is 0.204. The van der Waals surface area contributed by atoms with Crippen molar-refractivity contribution in [2.75, 3.05) is 20.1 Å². The highest BCUT2D eigenvalue weighted by molar-refractivity contribution is 7.89. The lowest BCUT2D eigenvalue weighted by atomic mass is 9.96. The highest BCUT2D eigenvalue weighted by Crippen LogP contribution is 2.28. The Morgan fingerprint density at radius 1 is 1.21 bits per heavy atom. The Morgan fingerprint density at radius 2 is 1.86 bits per heavy atom. The maximum Gasteiger partial charge on any atom is 0.248 e. The van der Waals surface area contributed by atoms with Crippen LogP contribution in [0, 0.1) is 33.6 Å². The largest absolute Gasteiger partial charge is 0.360 e. The summed E-state index contributed by atoms with van der Waals surface area (Å²) in [4.78, 5) is 14.8. The summed E-state index contributed by atoms with van der Waals surface area (Å²) < 4.78 is 32.3. The molecule has 29 heavy (non-hydrogen) atoms. The van der Waals surface area contributed by atoms with E-state index in [9.17, 15) is 13.2 Å². The number of nitrogens with zero attached hydrogens (tertiary/aromatic N) is 3. The Bertz CT molecular complexity index is 985. The van der Waals surface area contributed by atoms with Crippen LogP contribution in [0.2, 0.25) is 0 Å². The number of carbonyl (C=O) groups excluding carboxylic acids is 1. The Balaban J connectivity index is 1.63. The van der Waals surface area contributed by atoms with Crippen LogP contribution >= 0.6 is 0 Å². The molecule has 2 heterocycles. The van der Waals surface area contributed by atoms with Gasteiger partial charge in [0.15, 0.2) is 5.76 Å². The lowest BCUT2D eigenvalue weighted by Crippen LogP contribution is -2.43. The van der Waals surface area contributed by atoms with E-state index in [1.165, 1.54) is 15.4 Å². The van der Waals surface area contributed by atoms with Crippen molar-refractivity contribution in [3.05, 3.63) is 46.3 Å². The van der Waals surface area contributed by atoms with Crippen LogP contribution in [0.25, 0.3) is 0 Å². The molecular formula is C21H29N3O4S. The summed E-state index contributed by atoms with van der Waals surface area (Å²) in [5.41, 5.74) is 3.87. The molecule has 0 N–H and O–H groups in total. The monoisotopic (exact) mass is 419 g/mol. The van der Waals surface area contributed by atoms with Crippen molar-refractivity contribution in [3.8, 4) is 0 Å². The first-order valence-electron chi connectivity index (χ1n) is 9.85. The number of amides is 1. The molecule has 0 atom stereocenters. The summed E-state index contributed by atoms with van der Waals surface area (Å²) in [6.45, 7) is 8.53. The first-order valence-corrected chi connectivity index (χ1v) is 11.3. The first-order chi connectivity index (χ1) is 13.6. The van der Waals surface area contributed by atoms with Crippen molar-refractivity contribution in [2.45, 2.75) is 52.0 Å². The molecule has 0 aliphatic carbocycles. The molecule has 0 spiro atoms. The minimum atomic E-state index is -3.66. The second-order valence-corrected chi connectivity index (χ2v) is 9.83. The molecule has 0 unspecified atom stereocenters. The van der Waals surface area contributed by atoms with Gasteiger partial charge in [-0.15, -0.1) is 0 Å². The van der Waals surface area contributed by atoms with Gasteiger partial charge in [-0.05, 0) is 51.7 Å². The van der Waals surface area contributed by atoms with Crippen molar-refractivity contribution in [2.24, 2.45) is 5.92 Å². The van der Waals surface area contributed by atoms with E-state index in [1.54, 1.807) is 18.7 Å². The fraction of sp³-hybridized carbons (Fsp3) is 0.524. The minimum Gasteiger partial charge on any atom is -0.360 e. The van der Waals surface area contributed by atoms with Gasteiger partial charge in [0.25, 0.3) is 0 Å². The Hall–Kier alpha value is -2.19. The molecule has 0 saturated carbocycles. The number of aryl methyl sites for hydroxylation is 4. The molecule has 0 radical (unpaired) electrons. The molecule has 1 fully saturated rings. The Labute approximate surface area is 172 Å². The molecule has 1 aromatic carbocycles. The maximum absolute atomic E-state index is 12.9. The standard InChI is InChI=1S/C21H29N3O4S/c1-14-6-7-19(15(2)12-14)13-23(5)21(25)18-8-10-24(11-9-18)29(26,27)20-16(3)22-28-17(20)4/h6-7,12,18H,8-11,13H2,1-5H3. The summed E-state index contributed by atoms with van der Waals surface area (Å²) in [6, 6.07) is 6.23. The number of rotatable bonds is 5. The van der Waals surface area contributed by atoms with Crippen LogP contribution in [0.15, 0.2) is 27.6 Å². The molecule has 1 aliphatic rings. The molecule has 8 heteroatoms. The summed E-state index contributed by atoms with van der Waals surface area (Å²) in [7, 11) is -1.84. The van der Waals surface area contributed by atoms with E-state index in [1.807, 2.05) is 7.05 Å². The van der Waals surface area contributed by atoms with Crippen LogP contribution in [0.3, 0.4) is 0 Å². The number of hydrogen-bond donors (Lipinski definition) is 0. The molecule has 1 aliphatic heterocycles. The molecule has 158 valence electrons. The lowest BCUT2D eigenvalue weighted by Gasteiger charge is -2.32. The SMILES string of the molecule is Cc1ccc(CN(C)C(=O)C2CCN(S(=O)(=O)c3c(C)noc3C)CC2)c(C)c1. The van der Waals surface area contributed by atoms with Gasteiger partial charge in [-0.25, -0.2) is 8.42 Å². The van der Waals surface area contributed by atoms with Crippen LogP contribution in [0.5, 0.6) is 0 Å². The highest BCUT2D eigenvalue weighted by atomic mass is 32.2. The third-order valence-electron chi connectivity index (χ3n) is 5.65. The maximum atomic E-state index is 12.9. The van der Waals surface area contributed by atoms with Gasteiger partial charge in [0.05, 0.1) is 0 Å². The average molecular weight is 420 g/mol. The van der Waals surface area contributed by atoms with E-state index in [4.69, 9.17) is 4.52 Å². The number of aromatic nitrogens is 1. The fourth-order valence-corrected chi connectivity index (χ4v) is 5.74. The Morgan fingerprint density at radius 3 is 2.41 bits per heavy atom. The smallest absolute Gasteiger partial charge is 0.248 e. The first kappa shape index (κ1) is 21.5. The van der Waals surface area contributed by atoms with Crippen LogP contribution < -0.4 is 0 Å². The summed E-state index contributed by atoms with van der Waals surface area (Å²) in [6.07, 6.45) is 1.03. The molecule has 3 rings (SSSR count). The van der Waals surface area contributed by atoms with Gasteiger partial charge in [-0.2, -0.15) is 4.31 Å². The van der Waals surface area contributed by atoms with Crippen molar-refractivity contribution in [3.63, 3.8) is 0 Å². The molecule has 7 nitrogen and oxygen atoms in total. The molecule has 1 amide bonds. The number of hydrogen-bond acceptors (Lipinski definition) is 5. The van der Waals surface area contributed by atoms with Crippen LogP contribution in [-0.4, -0.2) is 48.8 Å². The molecule has 2 aromatic rings. The van der Waals surface area contributed by atoms with Gasteiger partial charge in [-0.1, -0.05) is 28.9 Å². The fourth-order valence-electron chi connectivity index (χ4n) is 3.98. The predicted molar refractivity (Wildman–Crippen MR) is 110 cm³/mol. The quantitative estimate of drug-likeness (QED) is 0.744. The lowest BCUT2D eigenvalue weighted by molar-refractivity contribution is -0.135. The summed E-state index contributed by atoms with van der Waals surface area (Å²) in [5, 5.41) is 3.75. The molecule has 0 bridgehead atoms. The van der Waals surface area contributed by atoms with Crippen molar-refractivity contribution >= 4 is 15.9 Å². The highest BCUT2D eigenvalue weighted by Gasteiger charge is 2.36. The van der Waals surface area contributed by atoms with E-state index < -0.39 is 10.0 Å². The van der Waals surface area contributed by atoms with Gasteiger partial charge < -0.3 is 9.42 Å². The van der Waals surface area contributed by atoms with Crippen molar-refractivity contribution in [1.29, 1.82) is 0 Å². The molecular weight excluding hydrogens is 390 g/mol. The van der Waals surface area contributed by atoms with E-state index in [-0.39, 0.29) is 16.7 Å². The third-order valence-corrected chi connectivity index (χ3v) is 7.79. The zero-order chi connectivity index (χ0) is 21.3. The number of piperidine rings is 1. The zero-order valence-electron chi connectivity index (χ0n) is 17.7. The van der Waals surface area contributed by atoms with Gasteiger partial charge >= 0.3 is 0 Å². The van der Waals surface area contributed by atoms with Crippen LogP contribution in [-0.2, 0) is 21.4 Å². The van der Waals surface area contributed by atoms with Crippen LogP contribution in [0.4, 0.5) is 0 Å². The van der Waals surface area contributed by atoms with Crippen molar-refractivity contribution in [1.82, 2.24) is 14.4 Å². The van der Waals surface area contributed by atoms with E-state index >= 15 is 0 Å². The predicted octanol–water partition coefficient (Wildman–Crippen LogP) is 2.97. The van der Waals surface area contributed by atoms with Gasteiger partial charge in [-0.3, -0.25) is 4.79 Å². The van der Waals surface area contributed by atoms with Gasteiger partial charge in [0, 0.05) is 32.6 Å². The van der Waals surface area contributed by atoms with Crippen molar-refractivity contribution < 1.29 is 17.7 Å². The average Bonchev–Trinajstić information content (AvgIpc) is 3.02. The molecule has 1 saturated heterocycles. The number of sulfonamides is 1. The minimum absolute atomic E-state index is 0.0689. The topological polar surface area (TPSA) is 83.7 Å².